The van der Waals surface area contributed by atoms with Crippen LogP contribution in [0.4, 0.5) is 0 Å². The molecule has 144 valence electrons. The lowest BCUT2D eigenvalue weighted by Crippen LogP contribution is -2.42. The molecule has 0 aliphatic rings. The molecule has 7 heteroatoms. The Morgan fingerprint density at radius 1 is 1.07 bits per heavy atom. The lowest BCUT2D eigenvalue weighted by molar-refractivity contribution is -0.125. The molecule has 1 atom stereocenters. The van der Waals surface area contributed by atoms with E-state index in [0.29, 0.717) is 17.5 Å². The standard InChI is InChI=1S/C21H21N3O3S/c1-14-8-6-7-11-17(14)20-23-24-21(27-20)28-13-19(26)22-18(15(2)25)12-16-9-4-3-5-10-16/h3-11,18H,12-13H2,1-2H3,(H,22,26)/t18-/m0/s1. The number of hydrogen-bond acceptors (Lipinski definition) is 6. The Hall–Kier alpha value is -2.93. The van der Waals surface area contributed by atoms with Gasteiger partial charge in [-0.05, 0) is 37.5 Å². The first-order valence-electron chi connectivity index (χ1n) is 8.89. The molecule has 3 rings (SSSR count). The monoisotopic (exact) mass is 395 g/mol. The summed E-state index contributed by atoms with van der Waals surface area (Å²) in [4.78, 5) is 24.2. The van der Waals surface area contributed by atoms with Gasteiger partial charge in [0, 0.05) is 5.56 Å². The molecule has 1 heterocycles. The van der Waals surface area contributed by atoms with Crippen LogP contribution in [-0.2, 0) is 16.0 Å². The summed E-state index contributed by atoms with van der Waals surface area (Å²) in [5, 5.41) is 11.1. The summed E-state index contributed by atoms with van der Waals surface area (Å²) < 4.78 is 5.64. The van der Waals surface area contributed by atoms with E-state index in [1.165, 1.54) is 6.92 Å². The number of benzene rings is 2. The number of rotatable bonds is 8. The second-order valence-corrected chi connectivity index (χ2v) is 7.32. The van der Waals surface area contributed by atoms with Crippen molar-refractivity contribution in [3.63, 3.8) is 0 Å². The van der Waals surface area contributed by atoms with Crippen LogP contribution in [0.2, 0.25) is 0 Å². The zero-order valence-corrected chi connectivity index (χ0v) is 16.5. The van der Waals surface area contributed by atoms with Gasteiger partial charge in [-0.25, -0.2) is 0 Å². The number of aromatic nitrogens is 2. The first-order valence-corrected chi connectivity index (χ1v) is 9.87. The maximum Gasteiger partial charge on any atom is 0.277 e. The Kier molecular flexibility index (Phi) is 6.60. The Bertz CT molecular complexity index is 956. The maximum absolute atomic E-state index is 12.3. The van der Waals surface area contributed by atoms with Crippen molar-refractivity contribution in [1.82, 2.24) is 15.5 Å². The molecule has 0 bridgehead atoms. The molecule has 0 radical (unpaired) electrons. The van der Waals surface area contributed by atoms with Gasteiger partial charge < -0.3 is 9.73 Å². The summed E-state index contributed by atoms with van der Waals surface area (Å²) in [5.74, 6) is 0.179. The number of carbonyl (C=O) groups excluding carboxylic acids is 2. The van der Waals surface area contributed by atoms with Crippen LogP contribution in [0.1, 0.15) is 18.1 Å². The number of carbonyl (C=O) groups is 2. The van der Waals surface area contributed by atoms with Gasteiger partial charge in [0.2, 0.25) is 11.8 Å². The molecule has 6 nitrogen and oxygen atoms in total. The Balaban J connectivity index is 1.56. The van der Waals surface area contributed by atoms with E-state index in [1.54, 1.807) is 0 Å². The van der Waals surface area contributed by atoms with Crippen LogP contribution >= 0.6 is 11.8 Å². The van der Waals surface area contributed by atoms with Crippen molar-refractivity contribution in [2.24, 2.45) is 0 Å². The first-order chi connectivity index (χ1) is 13.5. The minimum Gasteiger partial charge on any atom is -0.411 e. The number of nitrogens with one attached hydrogen (secondary N) is 1. The molecule has 0 unspecified atom stereocenters. The van der Waals surface area contributed by atoms with Crippen LogP contribution in [0.15, 0.2) is 64.2 Å². The fraction of sp³-hybridized carbons (Fsp3) is 0.238. The highest BCUT2D eigenvalue weighted by molar-refractivity contribution is 7.99. The molecule has 0 fully saturated rings. The summed E-state index contributed by atoms with van der Waals surface area (Å²) >= 11 is 1.15. The molecule has 0 saturated carbocycles. The van der Waals surface area contributed by atoms with E-state index in [0.717, 1.165) is 28.5 Å². The van der Waals surface area contributed by atoms with Crippen molar-refractivity contribution >= 4 is 23.5 Å². The zero-order chi connectivity index (χ0) is 19.9. The summed E-state index contributed by atoms with van der Waals surface area (Å²) in [5.41, 5.74) is 2.90. The minimum atomic E-state index is -0.555. The molecule has 1 N–H and O–H groups in total. The molecule has 2 aromatic carbocycles. The number of thioether (sulfide) groups is 1. The average Bonchev–Trinajstić information content (AvgIpc) is 3.16. The predicted molar refractivity (Wildman–Crippen MR) is 108 cm³/mol. The van der Waals surface area contributed by atoms with Gasteiger partial charge in [-0.2, -0.15) is 0 Å². The van der Waals surface area contributed by atoms with Crippen molar-refractivity contribution in [2.75, 3.05) is 5.75 Å². The van der Waals surface area contributed by atoms with E-state index in [4.69, 9.17) is 4.42 Å². The van der Waals surface area contributed by atoms with Crippen LogP contribution in [-0.4, -0.2) is 33.7 Å². The number of amides is 1. The quantitative estimate of drug-likeness (QED) is 0.588. The van der Waals surface area contributed by atoms with Crippen molar-refractivity contribution < 1.29 is 14.0 Å². The highest BCUT2D eigenvalue weighted by Crippen LogP contribution is 2.25. The third-order valence-corrected chi connectivity index (χ3v) is 5.04. The summed E-state index contributed by atoms with van der Waals surface area (Å²) in [6, 6.07) is 16.8. The van der Waals surface area contributed by atoms with Gasteiger partial charge in [0.15, 0.2) is 5.78 Å². The number of hydrogen-bond donors (Lipinski definition) is 1. The number of aryl methyl sites for hydroxylation is 1. The van der Waals surface area contributed by atoms with Crippen molar-refractivity contribution in [3.8, 4) is 11.5 Å². The summed E-state index contributed by atoms with van der Waals surface area (Å²) in [6.07, 6.45) is 0.463. The highest BCUT2D eigenvalue weighted by atomic mass is 32.2. The van der Waals surface area contributed by atoms with Crippen molar-refractivity contribution in [3.05, 3.63) is 65.7 Å². The van der Waals surface area contributed by atoms with Gasteiger partial charge in [0.05, 0.1) is 11.8 Å². The molecular formula is C21H21N3O3S. The molecule has 28 heavy (non-hydrogen) atoms. The van der Waals surface area contributed by atoms with Gasteiger partial charge >= 0.3 is 0 Å². The molecule has 0 saturated heterocycles. The fourth-order valence-electron chi connectivity index (χ4n) is 2.70. The van der Waals surface area contributed by atoms with Gasteiger partial charge in [-0.15, -0.1) is 10.2 Å². The van der Waals surface area contributed by atoms with E-state index in [2.05, 4.69) is 15.5 Å². The third-order valence-electron chi connectivity index (χ3n) is 4.22. The van der Waals surface area contributed by atoms with Crippen LogP contribution in [0.5, 0.6) is 0 Å². The molecule has 1 aromatic heterocycles. The fourth-order valence-corrected chi connectivity index (χ4v) is 3.27. The van der Waals surface area contributed by atoms with Gasteiger partial charge in [-0.1, -0.05) is 60.3 Å². The smallest absolute Gasteiger partial charge is 0.277 e. The predicted octanol–water partition coefficient (Wildman–Crippen LogP) is 3.45. The number of Topliss-reactive ketones (excluding diaryl/α,β-unsaturated/α-hetero) is 1. The third kappa shape index (κ3) is 5.29. The summed E-state index contributed by atoms with van der Waals surface area (Å²) in [6.45, 7) is 3.45. The lowest BCUT2D eigenvalue weighted by atomic mass is 10.0. The number of nitrogens with zero attached hydrogens (tertiary/aromatic N) is 2. The van der Waals surface area contributed by atoms with E-state index >= 15 is 0 Å². The Morgan fingerprint density at radius 3 is 2.50 bits per heavy atom. The topological polar surface area (TPSA) is 85.1 Å². The number of ketones is 1. The van der Waals surface area contributed by atoms with Gasteiger partial charge in [0.25, 0.3) is 5.22 Å². The van der Waals surface area contributed by atoms with E-state index < -0.39 is 6.04 Å². The largest absolute Gasteiger partial charge is 0.411 e. The second kappa shape index (κ2) is 9.32. The Morgan fingerprint density at radius 2 is 1.79 bits per heavy atom. The zero-order valence-electron chi connectivity index (χ0n) is 15.7. The van der Waals surface area contributed by atoms with E-state index in [1.807, 2.05) is 61.5 Å². The molecule has 0 aliphatic heterocycles. The molecule has 3 aromatic rings. The van der Waals surface area contributed by atoms with E-state index in [9.17, 15) is 9.59 Å². The maximum atomic E-state index is 12.3. The first kappa shape index (κ1) is 19.8. The lowest BCUT2D eigenvalue weighted by Gasteiger charge is -2.15. The van der Waals surface area contributed by atoms with Gasteiger partial charge in [-0.3, -0.25) is 9.59 Å². The minimum absolute atomic E-state index is 0.0816. The normalized spacial score (nSPS) is 11.8. The SMILES string of the molecule is CC(=O)[C@H](Cc1ccccc1)NC(=O)CSc1nnc(-c2ccccc2C)o1. The molecule has 1 amide bonds. The van der Waals surface area contributed by atoms with Crippen LogP contribution in [0.3, 0.4) is 0 Å². The Labute approximate surface area is 167 Å². The molecule has 0 spiro atoms. The summed E-state index contributed by atoms with van der Waals surface area (Å²) in [7, 11) is 0. The van der Waals surface area contributed by atoms with Crippen LogP contribution in [0, 0.1) is 6.92 Å². The highest BCUT2D eigenvalue weighted by Gasteiger charge is 2.19. The van der Waals surface area contributed by atoms with E-state index in [-0.39, 0.29) is 17.4 Å². The van der Waals surface area contributed by atoms with Crippen molar-refractivity contribution in [2.45, 2.75) is 31.5 Å². The van der Waals surface area contributed by atoms with Crippen LogP contribution < -0.4 is 5.32 Å². The van der Waals surface area contributed by atoms with Gasteiger partial charge in [0.1, 0.15) is 0 Å². The molecule has 0 aliphatic carbocycles. The van der Waals surface area contributed by atoms with Crippen LogP contribution in [0.25, 0.3) is 11.5 Å². The van der Waals surface area contributed by atoms with Crippen molar-refractivity contribution in [1.29, 1.82) is 0 Å². The molecular weight excluding hydrogens is 374 g/mol. The second-order valence-electron chi connectivity index (χ2n) is 6.40. The average molecular weight is 395 g/mol.